The molecular formula is C11H12O3. The lowest BCUT2D eigenvalue weighted by Crippen LogP contribution is -2.15. The van der Waals surface area contributed by atoms with E-state index in [2.05, 4.69) is 0 Å². The van der Waals surface area contributed by atoms with Crippen LogP contribution < -0.4 is 0 Å². The highest BCUT2D eigenvalue weighted by molar-refractivity contribution is 5.75. The molecule has 0 spiro atoms. The Bertz CT molecular complexity index is 355. The number of rotatable bonds is 3. The van der Waals surface area contributed by atoms with Crippen molar-refractivity contribution in [2.45, 2.75) is 13.0 Å². The number of carboxylic acid groups (broad SMARTS) is 1. The van der Waals surface area contributed by atoms with Gasteiger partial charge in [0.1, 0.15) is 0 Å². The number of hydrogen-bond donors (Lipinski definition) is 2. The lowest BCUT2D eigenvalue weighted by Gasteiger charge is -1.98. The quantitative estimate of drug-likeness (QED) is 0.762. The van der Waals surface area contributed by atoms with Gasteiger partial charge in [-0.05, 0) is 18.6 Å². The monoisotopic (exact) mass is 192 g/mol. The van der Waals surface area contributed by atoms with Crippen LogP contribution in [0, 0.1) is 6.92 Å². The Balaban J connectivity index is 2.73. The molecule has 0 bridgehead atoms. The normalized spacial score (nSPS) is 13.0. The molecule has 0 aromatic heterocycles. The largest absolute Gasteiger partial charge is 0.479 e. The number of aliphatic hydroxyl groups excluding tert-OH is 1. The van der Waals surface area contributed by atoms with Crippen molar-refractivity contribution < 1.29 is 15.0 Å². The molecule has 0 saturated carbocycles. The molecule has 1 rings (SSSR count). The fourth-order valence-electron chi connectivity index (χ4n) is 1.06. The molecule has 0 amide bonds. The summed E-state index contributed by atoms with van der Waals surface area (Å²) < 4.78 is 0. The smallest absolute Gasteiger partial charge is 0.336 e. The van der Waals surface area contributed by atoms with Gasteiger partial charge in [-0.25, -0.2) is 4.79 Å². The number of carboxylic acids is 1. The third kappa shape index (κ3) is 3.03. The van der Waals surface area contributed by atoms with Gasteiger partial charge in [-0.3, -0.25) is 0 Å². The minimum Gasteiger partial charge on any atom is -0.479 e. The topological polar surface area (TPSA) is 57.5 Å². The highest BCUT2D eigenvalue weighted by Crippen LogP contribution is 2.06. The Morgan fingerprint density at radius 3 is 2.79 bits per heavy atom. The second-order valence-corrected chi connectivity index (χ2v) is 3.06. The van der Waals surface area contributed by atoms with Crippen LogP contribution in [0.2, 0.25) is 0 Å². The van der Waals surface area contributed by atoms with Crippen LogP contribution in [0.15, 0.2) is 30.3 Å². The van der Waals surface area contributed by atoms with E-state index in [0.29, 0.717) is 0 Å². The van der Waals surface area contributed by atoms with Gasteiger partial charge in [-0.15, -0.1) is 0 Å². The van der Waals surface area contributed by atoms with E-state index in [0.717, 1.165) is 11.1 Å². The standard InChI is InChI=1S/C11H12O3/c1-8-3-2-4-9(7-8)5-6-10(12)11(13)14/h2-7,10,12H,1H3,(H,13,14)/b6-5+. The molecule has 0 radical (unpaired) electrons. The van der Waals surface area contributed by atoms with E-state index in [1.165, 1.54) is 6.08 Å². The highest BCUT2D eigenvalue weighted by atomic mass is 16.4. The summed E-state index contributed by atoms with van der Waals surface area (Å²) in [4.78, 5) is 10.3. The molecule has 0 aliphatic rings. The first-order valence-electron chi connectivity index (χ1n) is 4.25. The van der Waals surface area contributed by atoms with E-state index in [1.54, 1.807) is 6.08 Å². The van der Waals surface area contributed by atoms with Crippen molar-refractivity contribution >= 4 is 12.0 Å². The van der Waals surface area contributed by atoms with Gasteiger partial charge in [0.25, 0.3) is 0 Å². The van der Waals surface area contributed by atoms with Crippen molar-refractivity contribution in [3.8, 4) is 0 Å². The molecule has 0 fully saturated rings. The summed E-state index contributed by atoms with van der Waals surface area (Å²) in [5, 5.41) is 17.4. The summed E-state index contributed by atoms with van der Waals surface area (Å²) in [6, 6.07) is 7.58. The molecule has 1 unspecified atom stereocenters. The molecule has 74 valence electrons. The molecule has 3 heteroatoms. The summed E-state index contributed by atoms with van der Waals surface area (Å²) >= 11 is 0. The van der Waals surface area contributed by atoms with Gasteiger partial charge in [-0.2, -0.15) is 0 Å². The summed E-state index contributed by atoms with van der Waals surface area (Å²) in [7, 11) is 0. The van der Waals surface area contributed by atoms with Gasteiger partial charge in [0.05, 0.1) is 0 Å². The Hall–Kier alpha value is -1.61. The van der Waals surface area contributed by atoms with E-state index in [1.807, 2.05) is 31.2 Å². The second-order valence-electron chi connectivity index (χ2n) is 3.06. The zero-order valence-electron chi connectivity index (χ0n) is 7.84. The average molecular weight is 192 g/mol. The minimum atomic E-state index is -1.43. The van der Waals surface area contributed by atoms with Gasteiger partial charge in [0, 0.05) is 0 Å². The SMILES string of the molecule is Cc1cccc(/C=C/C(O)C(=O)O)c1. The van der Waals surface area contributed by atoms with Crippen LogP contribution in [0.3, 0.4) is 0 Å². The van der Waals surface area contributed by atoms with Crippen molar-refractivity contribution in [1.82, 2.24) is 0 Å². The number of aryl methyl sites for hydroxylation is 1. The number of aliphatic hydroxyl groups is 1. The van der Waals surface area contributed by atoms with Gasteiger partial charge in [0.15, 0.2) is 6.10 Å². The van der Waals surface area contributed by atoms with Crippen molar-refractivity contribution in [1.29, 1.82) is 0 Å². The Labute approximate surface area is 82.3 Å². The second kappa shape index (κ2) is 4.58. The van der Waals surface area contributed by atoms with Crippen molar-refractivity contribution in [3.05, 3.63) is 41.5 Å². The third-order valence-electron chi connectivity index (χ3n) is 1.77. The van der Waals surface area contributed by atoms with Crippen LogP contribution in [-0.4, -0.2) is 22.3 Å². The molecule has 3 nitrogen and oxygen atoms in total. The number of carbonyl (C=O) groups is 1. The first kappa shape index (κ1) is 10.5. The Morgan fingerprint density at radius 1 is 1.50 bits per heavy atom. The summed E-state index contributed by atoms with van der Waals surface area (Å²) in [6.07, 6.45) is 1.40. The predicted octanol–water partition coefficient (Wildman–Crippen LogP) is 1.45. The maximum Gasteiger partial charge on any atom is 0.336 e. The van der Waals surface area contributed by atoms with Crippen molar-refractivity contribution in [2.24, 2.45) is 0 Å². The number of aliphatic carboxylic acids is 1. The van der Waals surface area contributed by atoms with Crippen molar-refractivity contribution in [3.63, 3.8) is 0 Å². The third-order valence-corrected chi connectivity index (χ3v) is 1.77. The maximum atomic E-state index is 10.3. The number of hydrogen-bond acceptors (Lipinski definition) is 2. The summed E-state index contributed by atoms with van der Waals surface area (Å²) in [5.41, 5.74) is 1.97. The zero-order valence-corrected chi connectivity index (χ0v) is 7.84. The molecule has 14 heavy (non-hydrogen) atoms. The lowest BCUT2D eigenvalue weighted by molar-refractivity contribution is -0.143. The van der Waals surface area contributed by atoms with E-state index in [-0.39, 0.29) is 0 Å². The minimum absolute atomic E-state index is 0.880. The van der Waals surface area contributed by atoms with Crippen LogP contribution in [-0.2, 0) is 4.79 Å². The summed E-state index contributed by atoms with van der Waals surface area (Å²) in [6.45, 7) is 1.95. The fraction of sp³-hybridized carbons (Fsp3) is 0.182. The van der Waals surface area contributed by atoms with Crippen LogP contribution >= 0.6 is 0 Å². The molecule has 2 N–H and O–H groups in total. The molecule has 0 aliphatic heterocycles. The van der Waals surface area contributed by atoms with Gasteiger partial charge in [-0.1, -0.05) is 35.9 Å². The Morgan fingerprint density at radius 2 is 2.21 bits per heavy atom. The Kier molecular flexibility index (Phi) is 3.42. The van der Waals surface area contributed by atoms with Gasteiger partial charge >= 0.3 is 5.97 Å². The predicted molar refractivity (Wildman–Crippen MR) is 53.9 cm³/mol. The highest BCUT2D eigenvalue weighted by Gasteiger charge is 2.06. The molecule has 1 atom stereocenters. The first-order valence-corrected chi connectivity index (χ1v) is 4.25. The van der Waals surface area contributed by atoms with Crippen LogP contribution in [0.25, 0.3) is 6.08 Å². The first-order chi connectivity index (χ1) is 6.59. The van der Waals surface area contributed by atoms with E-state index in [4.69, 9.17) is 10.2 Å². The van der Waals surface area contributed by atoms with Crippen molar-refractivity contribution in [2.75, 3.05) is 0 Å². The van der Waals surface area contributed by atoms with E-state index >= 15 is 0 Å². The van der Waals surface area contributed by atoms with E-state index in [9.17, 15) is 4.79 Å². The van der Waals surface area contributed by atoms with Crippen LogP contribution in [0.4, 0.5) is 0 Å². The molecule has 1 aromatic rings. The van der Waals surface area contributed by atoms with Crippen LogP contribution in [0.5, 0.6) is 0 Å². The lowest BCUT2D eigenvalue weighted by atomic mass is 10.1. The average Bonchev–Trinajstić information content (AvgIpc) is 2.14. The molecular weight excluding hydrogens is 180 g/mol. The molecule has 1 aromatic carbocycles. The van der Waals surface area contributed by atoms with Crippen LogP contribution in [0.1, 0.15) is 11.1 Å². The number of benzene rings is 1. The molecule has 0 aliphatic carbocycles. The zero-order chi connectivity index (χ0) is 10.6. The van der Waals surface area contributed by atoms with Gasteiger partial charge < -0.3 is 10.2 Å². The summed E-state index contributed by atoms with van der Waals surface area (Å²) in [5.74, 6) is -1.24. The maximum absolute atomic E-state index is 10.3. The van der Waals surface area contributed by atoms with E-state index < -0.39 is 12.1 Å². The molecule has 0 saturated heterocycles. The fourth-order valence-corrected chi connectivity index (χ4v) is 1.06. The molecule has 0 heterocycles. The van der Waals surface area contributed by atoms with Gasteiger partial charge in [0.2, 0.25) is 0 Å².